The number of nitrogens with one attached hydrogen (secondary N) is 2. The number of hydrogen-bond donors (Lipinski definition) is 2. The van der Waals surface area contributed by atoms with Crippen LogP contribution in [0.1, 0.15) is 0 Å². The van der Waals surface area contributed by atoms with Gasteiger partial charge in [-0.1, -0.05) is 54.1 Å². The summed E-state index contributed by atoms with van der Waals surface area (Å²) in [6.07, 6.45) is 0. The van der Waals surface area contributed by atoms with E-state index in [1.54, 1.807) is 48.5 Å². The fraction of sp³-hybridized carbons (Fsp3) is 0. The van der Waals surface area contributed by atoms with Crippen molar-refractivity contribution < 1.29 is 9.18 Å². The maximum Gasteiger partial charge on any atom is 0.323 e. The second kappa shape index (κ2) is 8.43. The lowest BCUT2D eigenvalue weighted by Crippen LogP contribution is -2.20. The number of halogens is 2. The first-order valence-corrected chi connectivity index (χ1v) is 10.00. The Morgan fingerprint density at radius 2 is 1.48 bits per heavy atom. The predicted octanol–water partition coefficient (Wildman–Crippen LogP) is 6.91. The van der Waals surface area contributed by atoms with E-state index in [4.69, 9.17) is 11.6 Å². The molecule has 0 saturated heterocycles. The van der Waals surface area contributed by atoms with E-state index in [1.807, 2.05) is 23.6 Å². The van der Waals surface area contributed by atoms with Crippen molar-refractivity contribution in [2.75, 3.05) is 10.6 Å². The lowest BCUT2D eigenvalue weighted by molar-refractivity contribution is 0.262. The van der Waals surface area contributed by atoms with Gasteiger partial charge in [0.15, 0.2) is 0 Å². The van der Waals surface area contributed by atoms with Crippen molar-refractivity contribution in [3.05, 3.63) is 89.0 Å². The minimum Gasteiger partial charge on any atom is -0.307 e. The molecule has 2 amide bonds. The van der Waals surface area contributed by atoms with Crippen molar-refractivity contribution in [1.29, 1.82) is 0 Å². The zero-order chi connectivity index (χ0) is 20.2. The number of rotatable bonds is 4. The van der Waals surface area contributed by atoms with Crippen LogP contribution < -0.4 is 10.6 Å². The van der Waals surface area contributed by atoms with Crippen LogP contribution in [-0.2, 0) is 0 Å². The Hall–Kier alpha value is -3.22. The molecule has 4 rings (SSSR count). The first-order chi connectivity index (χ1) is 14.1. The van der Waals surface area contributed by atoms with Crippen molar-refractivity contribution in [2.24, 2.45) is 0 Å². The normalized spacial score (nSPS) is 10.6. The van der Waals surface area contributed by atoms with Crippen LogP contribution in [0.15, 0.2) is 78.2 Å². The average molecular weight is 424 g/mol. The molecular weight excluding hydrogens is 409 g/mol. The van der Waals surface area contributed by atoms with Gasteiger partial charge in [-0.25, -0.2) is 14.2 Å². The number of para-hydroxylation sites is 2. The molecule has 0 bridgehead atoms. The third-order valence-electron chi connectivity index (χ3n) is 4.18. The molecule has 3 aromatic carbocycles. The second-order valence-corrected chi connectivity index (χ2v) is 7.39. The van der Waals surface area contributed by atoms with Crippen LogP contribution in [0, 0.1) is 5.82 Å². The smallest absolute Gasteiger partial charge is 0.307 e. The monoisotopic (exact) mass is 423 g/mol. The van der Waals surface area contributed by atoms with Gasteiger partial charge in [0.1, 0.15) is 10.8 Å². The van der Waals surface area contributed by atoms with Crippen LogP contribution in [0.4, 0.5) is 20.6 Å². The van der Waals surface area contributed by atoms with Gasteiger partial charge in [-0.15, -0.1) is 11.3 Å². The summed E-state index contributed by atoms with van der Waals surface area (Å²) in [5, 5.41) is 8.42. The standard InChI is InChI=1S/C22H15ClFN3OS/c23-16-9-3-6-12-19(16)27-22(28)26-18-11-5-2-8-15(18)20-13-29-21(25-20)14-7-1-4-10-17(14)24/h1-13H,(H2,26,27,28). The van der Waals surface area contributed by atoms with E-state index >= 15 is 0 Å². The molecule has 29 heavy (non-hydrogen) atoms. The SMILES string of the molecule is O=C(Nc1ccccc1Cl)Nc1ccccc1-c1csc(-c2ccccc2F)n1. The van der Waals surface area contributed by atoms with E-state index in [2.05, 4.69) is 15.6 Å². The van der Waals surface area contributed by atoms with E-state index in [0.717, 1.165) is 5.56 Å². The van der Waals surface area contributed by atoms with Crippen LogP contribution in [-0.4, -0.2) is 11.0 Å². The summed E-state index contributed by atoms with van der Waals surface area (Å²) < 4.78 is 14.1. The van der Waals surface area contributed by atoms with Gasteiger partial charge >= 0.3 is 6.03 Å². The van der Waals surface area contributed by atoms with Crippen molar-refractivity contribution in [3.63, 3.8) is 0 Å². The maximum absolute atomic E-state index is 14.1. The minimum atomic E-state index is -0.421. The lowest BCUT2D eigenvalue weighted by Gasteiger charge is -2.11. The molecule has 0 aliphatic rings. The van der Waals surface area contributed by atoms with Gasteiger partial charge < -0.3 is 10.6 Å². The fourth-order valence-electron chi connectivity index (χ4n) is 2.81. The van der Waals surface area contributed by atoms with Gasteiger partial charge in [0.05, 0.1) is 22.1 Å². The van der Waals surface area contributed by atoms with Crippen molar-refractivity contribution in [3.8, 4) is 21.8 Å². The van der Waals surface area contributed by atoms with E-state index < -0.39 is 6.03 Å². The summed E-state index contributed by atoms with van der Waals surface area (Å²) in [6, 6.07) is 20.4. The van der Waals surface area contributed by atoms with Gasteiger partial charge in [0, 0.05) is 16.5 Å². The van der Waals surface area contributed by atoms with E-state index in [1.165, 1.54) is 17.4 Å². The van der Waals surface area contributed by atoms with E-state index in [-0.39, 0.29) is 5.82 Å². The minimum absolute atomic E-state index is 0.320. The van der Waals surface area contributed by atoms with Crippen LogP contribution in [0.25, 0.3) is 21.8 Å². The molecule has 0 fully saturated rings. The van der Waals surface area contributed by atoms with Crippen LogP contribution in [0.5, 0.6) is 0 Å². The first kappa shape index (κ1) is 19.1. The highest BCUT2D eigenvalue weighted by molar-refractivity contribution is 7.13. The highest BCUT2D eigenvalue weighted by Crippen LogP contribution is 2.33. The fourth-order valence-corrected chi connectivity index (χ4v) is 3.84. The Morgan fingerprint density at radius 1 is 0.862 bits per heavy atom. The molecule has 2 N–H and O–H groups in total. The Morgan fingerprint density at radius 3 is 2.24 bits per heavy atom. The average Bonchev–Trinajstić information content (AvgIpc) is 3.20. The van der Waals surface area contributed by atoms with Crippen molar-refractivity contribution in [1.82, 2.24) is 4.98 Å². The number of urea groups is 1. The zero-order valence-electron chi connectivity index (χ0n) is 15.0. The number of anilines is 2. The Balaban J connectivity index is 1.59. The molecule has 1 heterocycles. The van der Waals surface area contributed by atoms with Gasteiger partial charge in [-0.05, 0) is 30.3 Å². The number of aromatic nitrogens is 1. The predicted molar refractivity (Wildman–Crippen MR) is 117 cm³/mol. The quantitative estimate of drug-likeness (QED) is 0.374. The first-order valence-electron chi connectivity index (χ1n) is 8.74. The van der Waals surface area contributed by atoms with E-state index in [0.29, 0.717) is 32.7 Å². The highest BCUT2D eigenvalue weighted by Gasteiger charge is 2.14. The van der Waals surface area contributed by atoms with Crippen LogP contribution in [0.3, 0.4) is 0 Å². The third-order valence-corrected chi connectivity index (χ3v) is 5.39. The number of carbonyl (C=O) groups excluding carboxylic acids is 1. The number of nitrogens with zero attached hydrogens (tertiary/aromatic N) is 1. The largest absolute Gasteiger partial charge is 0.323 e. The molecule has 0 aliphatic carbocycles. The molecule has 7 heteroatoms. The van der Waals surface area contributed by atoms with E-state index in [9.17, 15) is 9.18 Å². The molecule has 0 spiro atoms. The highest BCUT2D eigenvalue weighted by atomic mass is 35.5. The van der Waals surface area contributed by atoms with Crippen molar-refractivity contribution >= 4 is 40.3 Å². The summed E-state index contributed by atoms with van der Waals surface area (Å²) in [6.45, 7) is 0. The van der Waals surface area contributed by atoms with Crippen molar-refractivity contribution in [2.45, 2.75) is 0 Å². The van der Waals surface area contributed by atoms with Gasteiger partial charge in [-0.2, -0.15) is 0 Å². The molecule has 0 radical (unpaired) electrons. The number of carbonyl (C=O) groups is 1. The lowest BCUT2D eigenvalue weighted by atomic mass is 10.1. The molecular formula is C22H15ClFN3OS. The Kier molecular flexibility index (Phi) is 5.55. The molecule has 0 saturated carbocycles. The Labute approximate surface area is 176 Å². The number of hydrogen-bond acceptors (Lipinski definition) is 3. The maximum atomic E-state index is 14.1. The molecule has 0 atom stereocenters. The summed E-state index contributed by atoms with van der Waals surface area (Å²) in [5.74, 6) is -0.320. The topological polar surface area (TPSA) is 54.0 Å². The molecule has 1 aromatic heterocycles. The zero-order valence-corrected chi connectivity index (χ0v) is 16.6. The Bertz CT molecular complexity index is 1180. The van der Waals surface area contributed by atoms with Gasteiger partial charge in [-0.3, -0.25) is 0 Å². The number of thiazole rings is 1. The summed E-state index contributed by atoms with van der Waals surface area (Å²) in [7, 11) is 0. The van der Waals surface area contributed by atoms with Gasteiger partial charge in [0.25, 0.3) is 0 Å². The molecule has 0 aliphatic heterocycles. The van der Waals surface area contributed by atoms with Crippen LogP contribution >= 0.6 is 22.9 Å². The molecule has 0 unspecified atom stereocenters. The molecule has 4 aromatic rings. The second-order valence-electron chi connectivity index (χ2n) is 6.12. The molecule has 144 valence electrons. The summed E-state index contributed by atoms with van der Waals surface area (Å²) in [5.41, 5.74) is 2.94. The third kappa shape index (κ3) is 4.29. The number of benzene rings is 3. The van der Waals surface area contributed by atoms with Crippen LogP contribution in [0.2, 0.25) is 5.02 Å². The van der Waals surface area contributed by atoms with Gasteiger partial charge in [0.2, 0.25) is 0 Å². The summed E-state index contributed by atoms with van der Waals surface area (Å²) >= 11 is 7.44. The number of amides is 2. The molecule has 4 nitrogen and oxygen atoms in total. The summed E-state index contributed by atoms with van der Waals surface area (Å²) in [4.78, 5) is 17.0.